The third-order valence-electron chi connectivity index (χ3n) is 2.44. The molecule has 0 fully saturated rings. The molecule has 1 aromatic heterocycles. The Kier molecular flexibility index (Phi) is 3.89. The standard InChI is InChI=1S/C13H13N3O2/c1-2-16-8-11(7-15-16)9-18-13-6-4-3-5-12(13)14-10-17/h3-8H,2,9H2,1H3. The van der Waals surface area contributed by atoms with Gasteiger partial charge in [0.1, 0.15) is 18.0 Å². The lowest BCUT2D eigenvalue weighted by Gasteiger charge is -2.06. The highest BCUT2D eigenvalue weighted by Crippen LogP contribution is 2.26. The minimum Gasteiger partial charge on any atom is -0.486 e. The van der Waals surface area contributed by atoms with Crippen LogP contribution in [0.15, 0.2) is 41.7 Å². The molecule has 0 bridgehead atoms. The van der Waals surface area contributed by atoms with Gasteiger partial charge in [0.05, 0.1) is 6.20 Å². The van der Waals surface area contributed by atoms with Crippen LogP contribution in [0.2, 0.25) is 0 Å². The minimum atomic E-state index is 0.394. The molecule has 5 heteroatoms. The second-order valence-electron chi connectivity index (χ2n) is 3.66. The van der Waals surface area contributed by atoms with Crippen molar-refractivity contribution in [3.63, 3.8) is 0 Å². The molecule has 0 N–H and O–H groups in total. The van der Waals surface area contributed by atoms with Crippen LogP contribution in [0.1, 0.15) is 12.5 Å². The van der Waals surface area contributed by atoms with E-state index in [-0.39, 0.29) is 0 Å². The lowest BCUT2D eigenvalue weighted by Crippen LogP contribution is -1.95. The van der Waals surface area contributed by atoms with Crippen molar-refractivity contribution >= 4 is 11.8 Å². The van der Waals surface area contributed by atoms with Crippen LogP contribution >= 0.6 is 0 Å². The summed E-state index contributed by atoms with van der Waals surface area (Å²) in [4.78, 5) is 13.9. The first-order valence-corrected chi connectivity index (χ1v) is 5.64. The molecular formula is C13H13N3O2. The molecule has 2 aromatic rings. The molecule has 0 aliphatic rings. The first-order valence-electron chi connectivity index (χ1n) is 5.64. The lowest BCUT2D eigenvalue weighted by atomic mass is 10.3. The SMILES string of the molecule is CCn1cc(COc2ccccc2N=C=O)cn1. The molecule has 18 heavy (non-hydrogen) atoms. The van der Waals surface area contributed by atoms with Crippen LogP contribution in [-0.2, 0) is 17.9 Å². The van der Waals surface area contributed by atoms with E-state index in [1.165, 1.54) is 6.08 Å². The van der Waals surface area contributed by atoms with E-state index < -0.39 is 0 Å². The Bertz CT molecular complexity index is 571. The first kappa shape index (κ1) is 12.1. The fourth-order valence-electron chi connectivity index (χ4n) is 1.54. The summed E-state index contributed by atoms with van der Waals surface area (Å²) in [6.07, 6.45) is 5.20. The largest absolute Gasteiger partial charge is 0.486 e. The van der Waals surface area contributed by atoms with E-state index in [0.717, 1.165) is 12.1 Å². The minimum absolute atomic E-state index is 0.394. The van der Waals surface area contributed by atoms with Gasteiger partial charge in [-0.1, -0.05) is 12.1 Å². The Labute approximate surface area is 105 Å². The number of isocyanates is 1. The summed E-state index contributed by atoms with van der Waals surface area (Å²) in [6.45, 7) is 3.24. The topological polar surface area (TPSA) is 56.5 Å². The van der Waals surface area contributed by atoms with E-state index in [1.54, 1.807) is 24.4 Å². The molecule has 1 aromatic carbocycles. The van der Waals surface area contributed by atoms with E-state index >= 15 is 0 Å². The van der Waals surface area contributed by atoms with E-state index in [1.807, 2.05) is 23.9 Å². The number of aryl methyl sites for hydroxylation is 1. The van der Waals surface area contributed by atoms with Crippen molar-refractivity contribution in [2.75, 3.05) is 0 Å². The van der Waals surface area contributed by atoms with Gasteiger partial charge in [-0.15, -0.1) is 0 Å². The van der Waals surface area contributed by atoms with Gasteiger partial charge < -0.3 is 4.74 Å². The molecule has 0 saturated carbocycles. The number of benzene rings is 1. The average Bonchev–Trinajstić information content (AvgIpc) is 2.86. The number of hydrogen-bond acceptors (Lipinski definition) is 4. The Balaban J connectivity index is 2.07. The summed E-state index contributed by atoms with van der Waals surface area (Å²) >= 11 is 0. The van der Waals surface area contributed by atoms with E-state index in [2.05, 4.69) is 10.1 Å². The molecule has 5 nitrogen and oxygen atoms in total. The van der Waals surface area contributed by atoms with E-state index in [0.29, 0.717) is 18.0 Å². The molecule has 1 heterocycles. The quantitative estimate of drug-likeness (QED) is 0.598. The number of nitrogens with zero attached hydrogens (tertiary/aromatic N) is 3. The number of para-hydroxylation sites is 2. The van der Waals surface area contributed by atoms with Gasteiger partial charge in [0.15, 0.2) is 0 Å². The monoisotopic (exact) mass is 243 g/mol. The predicted molar refractivity (Wildman–Crippen MR) is 66.5 cm³/mol. The summed E-state index contributed by atoms with van der Waals surface area (Å²) in [5.74, 6) is 0.560. The summed E-state index contributed by atoms with van der Waals surface area (Å²) in [5, 5.41) is 4.16. The smallest absolute Gasteiger partial charge is 0.240 e. The molecule has 0 saturated heterocycles. The van der Waals surface area contributed by atoms with Crippen molar-refractivity contribution < 1.29 is 9.53 Å². The van der Waals surface area contributed by atoms with E-state index in [9.17, 15) is 4.79 Å². The molecule has 0 aliphatic heterocycles. The highest BCUT2D eigenvalue weighted by Gasteiger charge is 2.03. The Hall–Kier alpha value is -2.39. The number of aliphatic imine (C=N–C) groups is 1. The molecule has 92 valence electrons. The van der Waals surface area contributed by atoms with Gasteiger partial charge in [-0.3, -0.25) is 4.68 Å². The summed E-state index contributed by atoms with van der Waals surface area (Å²) in [5.41, 5.74) is 1.46. The van der Waals surface area contributed by atoms with Crippen molar-refractivity contribution in [1.29, 1.82) is 0 Å². The number of aromatic nitrogens is 2. The lowest BCUT2D eigenvalue weighted by molar-refractivity contribution is 0.307. The van der Waals surface area contributed by atoms with Crippen LogP contribution in [0, 0.1) is 0 Å². The maximum absolute atomic E-state index is 10.3. The van der Waals surface area contributed by atoms with Gasteiger partial charge in [0.25, 0.3) is 0 Å². The van der Waals surface area contributed by atoms with Crippen molar-refractivity contribution in [2.45, 2.75) is 20.1 Å². The number of rotatable bonds is 5. The molecule has 0 radical (unpaired) electrons. The molecule has 0 aliphatic carbocycles. The highest BCUT2D eigenvalue weighted by atomic mass is 16.5. The first-order chi connectivity index (χ1) is 8.83. The fraction of sp³-hybridized carbons (Fsp3) is 0.231. The van der Waals surface area contributed by atoms with Gasteiger partial charge in [0.2, 0.25) is 6.08 Å². The predicted octanol–water partition coefficient (Wildman–Crippen LogP) is 2.45. The third-order valence-corrected chi connectivity index (χ3v) is 2.44. The molecule has 0 unspecified atom stereocenters. The summed E-state index contributed by atoms with van der Waals surface area (Å²) in [7, 11) is 0. The van der Waals surface area contributed by atoms with Crippen LogP contribution < -0.4 is 4.74 Å². The third kappa shape index (κ3) is 2.84. The van der Waals surface area contributed by atoms with E-state index in [4.69, 9.17) is 4.74 Å². The molecular weight excluding hydrogens is 230 g/mol. The van der Waals surface area contributed by atoms with Crippen molar-refractivity contribution in [2.24, 2.45) is 4.99 Å². The van der Waals surface area contributed by atoms with Crippen molar-refractivity contribution in [3.8, 4) is 5.75 Å². The Morgan fingerprint density at radius 1 is 1.44 bits per heavy atom. The van der Waals surface area contributed by atoms with Gasteiger partial charge in [-0.2, -0.15) is 10.1 Å². The Morgan fingerprint density at radius 2 is 2.28 bits per heavy atom. The number of ether oxygens (including phenoxy) is 1. The summed E-state index contributed by atoms with van der Waals surface area (Å²) < 4.78 is 7.44. The zero-order valence-corrected chi connectivity index (χ0v) is 10.0. The van der Waals surface area contributed by atoms with Crippen LogP contribution in [0.25, 0.3) is 0 Å². The molecule has 0 amide bonds. The van der Waals surface area contributed by atoms with Gasteiger partial charge >= 0.3 is 0 Å². The second-order valence-corrected chi connectivity index (χ2v) is 3.66. The second kappa shape index (κ2) is 5.80. The number of carbonyl (C=O) groups excluding carboxylic acids is 1. The zero-order chi connectivity index (χ0) is 12.8. The number of hydrogen-bond donors (Lipinski definition) is 0. The van der Waals surface area contributed by atoms with Crippen molar-refractivity contribution in [3.05, 3.63) is 42.2 Å². The molecule has 2 rings (SSSR count). The van der Waals surface area contributed by atoms with Gasteiger partial charge in [-0.25, -0.2) is 4.79 Å². The highest BCUT2D eigenvalue weighted by molar-refractivity contribution is 5.57. The summed E-state index contributed by atoms with van der Waals surface area (Å²) in [6, 6.07) is 7.09. The van der Waals surface area contributed by atoms with Gasteiger partial charge in [-0.05, 0) is 19.1 Å². The van der Waals surface area contributed by atoms with Crippen LogP contribution in [-0.4, -0.2) is 15.9 Å². The molecule has 0 atom stereocenters. The zero-order valence-electron chi connectivity index (χ0n) is 10.0. The maximum atomic E-state index is 10.3. The van der Waals surface area contributed by atoms with Crippen LogP contribution in [0.5, 0.6) is 5.75 Å². The van der Waals surface area contributed by atoms with Crippen LogP contribution in [0.3, 0.4) is 0 Å². The fourth-order valence-corrected chi connectivity index (χ4v) is 1.54. The van der Waals surface area contributed by atoms with Gasteiger partial charge in [0, 0.05) is 18.3 Å². The Morgan fingerprint density at radius 3 is 3.00 bits per heavy atom. The molecule has 0 spiro atoms. The van der Waals surface area contributed by atoms with Crippen molar-refractivity contribution in [1.82, 2.24) is 9.78 Å². The average molecular weight is 243 g/mol. The normalized spacial score (nSPS) is 9.83. The maximum Gasteiger partial charge on any atom is 0.240 e. The van der Waals surface area contributed by atoms with Crippen LogP contribution in [0.4, 0.5) is 5.69 Å².